The molecule has 1 N–H and O–H groups in total. The van der Waals surface area contributed by atoms with Crippen molar-refractivity contribution in [1.82, 2.24) is 10.2 Å². The van der Waals surface area contributed by atoms with E-state index in [9.17, 15) is 4.79 Å². The maximum Gasteiger partial charge on any atom is 0.176 e. The minimum Gasteiger partial charge on any atom is -0.314 e. The Bertz CT molecular complexity index is 388. The molecule has 1 saturated heterocycles. The smallest absolute Gasteiger partial charge is 0.176 e. The van der Waals surface area contributed by atoms with Crippen LogP contribution in [0.3, 0.4) is 0 Å². The second kappa shape index (κ2) is 5.96. The van der Waals surface area contributed by atoms with Crippen LogP contribution in [0, 0.1) is 5.92 Å². The van der Waals surface area contributed by atoms with Gasteiger partial charge in [0.05, 0.1) is 9.21 Å². The third-order valence-corrected chi connectivity index (χ3v) is 4.25. The first-order valence-corrected chi connectivity index (χ1v) is 7.09. The molecule has 0 aromatic carbocycles. The minimum absolute atomic E-state index is 0.0443. The van der Waals surface area contributed by atoms with Crippen LogP contribution in [-0.4, -0.2) is 43.4 Å². The van der Waals surface area contributed by atoms with Crippen LogP contribution < -0.4 is 5.32 Å². The standard InChI is InChI=1S/C12H17ClN2OS/c1-9(8-15-6-4-14-5-7-15)12(16)10-2-3-11(13)17-10/h2-3,9,14H,4-8H2,1H3. The number of hydrogen-bond acceptors (Lipinski definition) is 4. The van der Waals surface area contributed by atoms with Gasteiger partial charge in [-0.05, 0) is 12.1 Å². The number of ketones is 1. The van der Waals surface area contributed by atoms with Gasteiger partial charge in [-0.1, -0.05) is 18.5 Å². The van der Waals surface area contributed by atoms with Crippen molar-refractivity contribution < 1.29 is 4.79 Å². The van der Waals surface area contributed by atoms with Crippen LogP contribution in [0.4, 0.5) is 0 Å². The first-order chi connectivity index (χ1) is 8.16. The van der Waals surface area contributed by atoms with Crippen LogP contribution in [0.5, 0.6) is 0 Å². The van der Waals surface area contributed by atoms with Crippen molar-refractivity contribution in [3.05, 3.63) is 21.3 Å². The normalized spacial score (nSPS) is 19.2. The molecule has 5 heteroatoms. The van der Waals surface area contributed by atoms with E-state index < -0.39 is 0 Å². The molecule has 0 amide bonds. The van der Waals surface area contributed by atoms with Gasteiger partial charge in [-0.2, -0.15) is 0 Å². The number of Topliss-reactive ketones (excluding diaryl/α,β-unsaturated/α-hetero) is 1. The summed E-state index contributed by atoms with van der Waals surface area (Å²) >= 11 is 7.22. The molecule has 1 unspecified atom stereocenters. The molecule has 1 aliphatic rings. The molecule has 94 valence electrons. The van der Waals surface area contributed by atoms with Crippen LogP contribution in [0.1, 0.15) is 16.6 Å². The second-order valence-corrected chi connectivity index (χ2v) is 6.13. The molecule has 3 nitrogen and oxygen atoms in total. The molecule has 1 aromatic rings. The number of nitrogens with zero attached hydrogens (tertiary/aromatic N) is 1. The third kappa shape index (κ3) is 3.52. The van der Waals surface area contributed by atoms with E-state index >= 15 is 0 Å². The van der Waals surface area contributed by atoms with Gasteiger partial charge in [0, 0.05) is 38.6 Å². The summed E-state index contributed by atoms with van der Waals surface area (Å²) in [5.74, 6) is 0.253. The summed E-state index contributed by atoms with van der Waals surface area (Å²) in [6.07, 6.45) is 0. The average molecular weight is 273 g/mol. The van der Waals surface area contributed by atoms with E-state index in [0.717, 1.165) is 37.6 Å². The first kappa shape index (κ1) is 13.0. The SMILES string of the molecule is CC(CN1CCNCC1)C(=O)c1ccc(Cl)s1. The number of thiophene rings is 1. The quantitative estimate of drug-likeness (QED) is 0.853. The molecule has 1 fully saturated rings. The van der Waals surface area contributed by atoms with Gasteiger partial charge in [-0.3, -0.25) is 4.79 Å². The highest BCUT2D eigenvalue weighted by atomic mass is 35.5. The number of nitrogens with one attached hydrogen (secondary N) is 1. The Morgan fingerprint density at radius 2 is 2.24 bits per heavy atom. The zero-order valence-corrected chi connectivity index (χ0v) is 11.5. The molecule has 2 rings (SSSR count). The molecule has 0 radical (unpaired) electrons. The highest BCUT2D eigenvalue weighted by Gasteiger charge is 2.20. The van der Waals surface area contributed by atoms with Crippen molar-refractivity contribution in [3.8, 4) is 0 Å². The number of piperazine rings is 1. The molecule has 17 heavy (non-hydrogen) atoms. The van der Waals surface area contributed by atoms with Crippen LogP contribution in [-0.2, 0) is 0 Å². The fraction of sp³-hybridized carbons (Fsp3) is 0.583. The third-order valence-electron chi connectivity index (χ3n) is 3.01. The maximum absolute atomic E-state index is 12.1. The van der Waals surface area contributed by atoms with Crippen LogP contribution in [0.15, 0.2) is 12.1 Å². The molecule has 0 spiro atoms. The van der Waals surface area contributed by atoms with Crippen molar-refractivity contribution >= 4 is 28.7 Å². The Labute approximate surface area is 111 Å². The lowest BCUT2D eigenvalue weighted by atomic mass is 10.0. The summed E-state index contributed by atoms with van der Waals surface area (Å²) < 4.78 is 0.683. The van der Waals surface area contributed by atoms with Crippen molar-refractivity contribution in [2.75, 3.05) is 32.7 Å². The minimum atomic E-state index is 0.0443. The topological polar surface area (TPSA) is 32.3 Å². The lowest BCUT2D eigenvalue weighted by Gasteiger charge is -2.29. The molecule has 0 saturated carbocycles. The largest absolute Gasteiger partial charge is 0.314 e. The predicted molar refractivity (Wildman–Crippen MR) is 72.1 cm³/mol. The van der Waals surface area contributed by atoms with E-state index in [1.807, 2.05) is 13.0 Å². The van der Waals surface area contributed by atoms with E-state index in [0.29, 0.717) is 4.34 Å². The highest BCUT2D eigenvalue weighted by molar-refractivity contribution is 7.18. The molecule has 2 heterocycles. The van der Waals surface area contributed by atoms with Crippen LogP contribution in [0.2, 0.25) is 4.34 Å². The van der Waals surface area contributed by atoms with Gasteiger partial charge in [-0.25, -0.2) is 0 Å². The Morgan fingerprint density at radius 3 is 2.82 bits per heavy atom. The number of carbonyl (C=O) groups is 1. The summed E-state index contributed by atoms with van der Waals surface area (Å²) in [5.41, 5.74) is 0. The van der Waals surface area contributed by atoms with Crippen molar-refractivity contribution in [1.29, 1.82) is 0 Å². The van der Waals surface area contributed by atoms with E-state index in [4.69, 9.17) is 11.6 Å². The van der Waals surface area contributed by atoms with Gasteiger partial charge < -0.3 is 10.2 Å². The first-order valence-electron chi connectivity index (χ1n) is 5.89. The fourth-order valence-corrected chi connectivity index (χ4v) is 3.15. The van der Waals surface area contributed by atoms with Gasteiger partial charge in [-0.15, -0.1) is 11.3 Å². The van der Waals surface area contributed by atoms with E-state index in [2.05, 4.69) is 10.2 Å². The van der Waals surface area contributed by atoms with Crippen LogP contribution in [0.25, 0.3) is 0 Å². The number of hydrogen-bond donors (Lipinski definition) is 1. The highest BCUT2D eigenvalue weighted by Crippen LogP contribution is 2.24. The van der Waals surface area contributed by atoms with E-state index in [1.54, 1.807) is 6.07 Å². The van der Waals surface area contributed by atoms with Crippen molar-refractivity contribution in [2.24, 2.45) is 5.92 Å². The van der Waals surface area contributed by atoms with Gasteiger partial charge in [0.1, 0.15) is 0 Å². The molecular weight excluding hydrogens is 256 g/mol. The molecule has 1 aromatic heterocycles. The summed E-state index contributed by atoms with van der Waals surface area (Å²) in [7, 11) is 0. The Morgan fingerprint density at radius 1 is 1.53 bits per heavy atom. The van der Waals surface area contributed by atoms with E-state index in [1.165, 1.54) is 11.3 Å². The monoisotopic (exact) mass is 272 g/mol. The average Bonchev–Trinajstić information content (AvgIpc) is 2.76. The summed E-state index contributed by atoms with van der Waals surface area (Å²) in [5, 5.41) is 3.31. The van der Waals surface area contributed by atoms with Gasteiger partial charge in [0.25, 0.3) is 0 Å². The Balaban J connectivity index is 1.90. The van der Waals surface area contributed by atoms with E-state index in [-0.39, 0.29) is 11.7 Å². The predicted octanol–water partition coefficient (Wildman–Crippen LogP) is 2.13. The lowest BCUT2D eigenvalue weighted by Crippen LogP contribution is -2.45. The Hall–Kier alpha value is -0.420. The molecule has 0 aliphatic carbocycles. The van der Waals surface area contributed by atoms with Gasteiger partial charge >= 0.3 is 0 Å². The fourth-order valence-electron chi connectivity index (χ4n) is 2.05. The summed E-state index contributed by atoms with van der Waals surface area (Å²) in [4.78, 5) is 15.3. The number of rotatable bonds is 4. The second-order valence-electron chi connectivity index (χ2n) is 4.42. The zero-order valence-electron chi connectivity index (χ0n) is 9.91. The number of carbonyl (C=O) groups excluding carboxylic acids is 1. The van der Waals surface area contributed by atoms with Crippen LogP contribution >= 0.6 is 22.9 Å². The molecule has 1 aliphatic heterocycles. The lowest BCUT2D eigenvalue weighted by molar-refractivity contribution is 0.0891. The number of halogens is 1. The summed E-state index contributed by atoms with van der Waals surface area (Å²) in [6.45, 7) is 6.94. The summed E-state index contributed by atoms with van der Waals surface area (Å²) in [6, 6.07) is 3.61. The maximum atomic E-state index is 12.1. The van der Waals surface area contributed by atoms with Gasteiger partial charge in [0.2, 0.25) is 0 Å². The molecular formula is C12H17ClN2OS. The zero-order chi connectivity index (χ0) is 12.3. The van der Waals surface area contributed by atoms with Crippen molar-refractivity contribution in [3.63, 3.8) is 0 Å². The molecule has 0 bridgehead atoms. The van der Waals surface area contributed by atoms with Gasteiger partial charge in [0.15, 0.2) is 5.78 Å². The Kier molecular flexibility index (Phi) is 4.56. The molecule has 1 atom stereocenters. The van der Waals surface area contributed by atoms with Crippen molar-refractivity contribution in [2.45, 2.75) is 6.92 Å².